The van der Waals surface area contributed by atoms with Crippen LogP contribution in [-0.2, 0) is 0 Å². The summed E-state index contributed by atoms with van der Waals surface area (Å²) in [5, 5.41) is 12.5. The third-order valence-corrected chi connectivity index (χ3v) is 2.44. The van der Waals surface area contributed by atoms with Gasteiger partial charge in [0.15, 0.2) is 5.58 Å². The summed E-state index contributed by atoms with van der Waals surface area (Å²) in [6, 6.07) is 14.8. The number of phenolic OH excluding ortho intramolecular Hbond substituents is 1. The predicted octanol–water partition coefficient (Wildman–Crippen LogP) is 3.28. The van der Waals surface area contributed by atoms with E-state index in [0.29, 0.717) is 17.3 Å². The van der Waals surface area contributed by atoms with Gasteiger partial charge >= 0.3 is 0 Å². The molecule has 0 bridgehead atoms. The lowest BCUT2D eigenvalue weighted by atomic mass is 10.3. The summed E-state index contributed by atoms with van der Waals surface area (Å²) in [5.41, 5.74) is 2.06. The first kappa shape index (κ1) is 9.72. The van der Waals surface area contributed by atoms with E-state index >= 15 is 0 Å². The Morgan fingerprint density at radius 1 is 1.00 bits per heavy atom. The van der Waals surface area contributed by atoms with Crippen LogP contribution >= 0.6 is 0 Å². The molecule has 4 nitrogen and oxygen atoms in total. The number of hydrogen-bond acceptors (Lipinski definition) is 4. The predicted molar refractivity (Wildman–Crippen MR) is 65.4 cm³/mol. The molecular formula is C13H10N2O2. The van der Waals surface area contributed by atoms with E-state index in [-0.39, 0.29) is 5.75 Å². The van der Waals surface area contributed by atoms with Crippen molar-refractivity contribution in [2.45, 2.75) is 0 Å². The Balaban J connectivity index is 1.98. The number of nitrogens with one attached hydrogen (secondary N) is 1. The Labute approximate surface area is 97.5 Å². The van der Waals surface area contributed by atoms with Crippen LogP contribution < -0.4 is 5.32 Å². The van der Waals surface area contributed by atoms with Crippen molar-refractivity contribution >= 4 is 22.8 Å². The largest absolute Gasteiger partial charge is 0.506 e. The molecule has 0 fully saturated rings. The van der Waals surface area contributed by atoms with E-state index in [0.717, 1.165) is 5.52 Å². The van der Waals surface area contributed by atoms with E-state index < -0.39 is 0 Å². The molecule has 0 unspecified atom stereocenters. The number of nitrogens with zero attached hydrogens (tertiary/aromatic N) is 1. The summed E-state index contributed by atoms with van der Waals surface area (Å²) in [5.74, 6) is 0.162. The Morgan fingerprint density at radius 3 is 2.59 bits per heavy atom. The monoisotopic (exact) mass is 226 g/mol. The molecular weight excluding hydrogens is 216 g/mol. The van der Waals surface area contributed by atoms with Gasteiger partial charge in [-0.25, -0.2) is 0 Å². The minimum atomic E-state index is 0.162. The fraction of sp³-hybridized carbons (Fsp3) is 0. The molecule has 0 atom stereocenters. The van der Waals surface area contributed by atoms with Gasteiger partial charge in [-0.3, -0.25) is 0 Å². The molecule has 0 aliphatic heterocycles. The second-order valence-electron chi connectivity index (χ2n) is 3.63. The highest BCUT2D eigenvalue weighted by Crippen LogP contribution is 2.27. The maximum absolute atomic E-state index is 9.61. The molecule has 17 heavy (non-hydrogen) atoms. The standard InChI is InChI=1S/C13H10N2O2/c16-11-7-3-1-5-9(11)14-13-15-10-6-2-4-8-12(10)17-13/h1-8,16H,(H,14,15). The van der Waals surface area contributed by atoms with Crippen LogP contribution in [0.3, 0.4) is 0 Å². The quantitative estimate of drug-likeness (QED) is 0.658. The number of aromatic nitrogens is 1. The van der Waals surface area contributed by atoms with Crippen LogP contribution in [0.4, 0.5) is 11.7 Å². The Morgan fingerprint density at radius 2 is 1.76 bits per heavy atom. The minimum absolute atomic E-state index is 0.162. The fourth-order valence-electron chi connectivity index (χ4n) is 1.62. The number of oxazole rings is 1. The number of anilines is 2. The van der Waals surface area contributed by atoms with Gasteiger partial charge in [-0.1, -0.05) is 24.3 Å². The molecule has 1 heterocycles. The molecule has 84 valence electrons. The first-order valence-electron chi connectivity index (χ1n) is 5.23. The SMILES string of the molecule is Oc1ccccc1Nc1nc2ccccc2o1. The van der Waals surface area contributed by atoms with Gasteiger partial charge < -0.3 is 14.8 Å². The van der Waals surface area contributed by atoms with Crippen molar-refractivity contribution in [2.24, 2.45) is 0 Å². The summed E-state index contributed by atoms with van der Waals surface area (Å²) in [4.78, 5) is 4.26. The zero-order valence-electron chi connectivity index (χ0n) is 8.92. The van der Waals surface area contributed by atoms with Crippen LogP contribution in [0.5, 0.6) is 5.75 Å². The van der Waals surface area contributed by atoms with Crippen molar-refractivity contribution in [2.75, 3.05) is 5.32 Å². The molecule has 3 rings (SSSR count). The summed E-state index contributed by atoms with van der Waals surface area (Å²) in [7, 11) is 0. The number of aromatic hydroxyl groups is 1. The smallest absolute Gasteiger partial charge is 0.300 e. The lowest BCUT2D eigenvalue weighted by Gasteiger charge is -2.02. The lowest BCUT2D eigenvalue weighted by Crippen LogP contribution is -1.89. The van der Waals surface area contributed by atoms with Crippen LogP contribution in [0.2, 0.25) is 0 Å². The second kappa shape index (κ2) is 3.83. The lowest BCUT2D eigenvalue weighted by molar-refractivity contribution is 0.477. The van der Waals surface area contributed by atoms with Crippen molar-refractivity contribution in [1.29, 1.82) is 0 Å². The summed E-state index contributed by atoms with van der Waals surface area (Å²) in [6.45, 7) is 0. The molecule has 0 saturated carbocycles. The van der Waals surface area contributed by atoms with Gasteiger partial charge in [-0.05, 0) is 24.3 Å². The van der Waals surface area contributed by atoms with Crippen molar-refractivity contribution in [3.63, 3.8) is 0 Å². The maximum Gasteiger partial charge on any atom is 0.300 e. The van der Waals surface area contributed by atoms with E-state index in [1.54, 1.807) is 18.2 Å². The van der Waals surface area contributed by atoms with Gasteiger partial charge in [-0.2, -0.15) is 4.98 Å². The average molecular weight is 226 g/mol. The highest BCUT2D eigenvalue weighted by molar-refractivity contribution is 5.75. The number of benzene rings is 2. The summed E-state index contributed by atoms with van der Waals surface area (Å²) >= 11 is 0. The molecule has 0 aliphatic rings. The zero-order chi connectivity index (χ0) is 11.7. The molecule has 0 saturated heterocycles. The molecule has 0 radical (unpaired) electrons. The molecule has 3 aromatic rings. The molecule has 4 heteroatoms. The molecule has 0 amide bonds. The third-order valence-electron chi connectivity index (χ3n) is 2.44. The highest BCUT2D eigenvalue weighted by Gasteiger charge is 2.06. The number of rotatable bonds is 2. The minimum Gasteiger partial charge on any atom is -0.506 e. The third kappa shape index (κ3) is 1.80. The van der Waals surface area contributed by atoms with Crippen LogP contribution in [0.25, 0.3) is 11.1 Å². The second-order valence-corrected chi connectivity index (χ2v) is 3.63. The van der Waals surface area contributed by atoms with E-state index in [4.69, 9.17) is 4.42 Å². The van der Waals surface area contributed by atoms with Crippen molar-refractivity contribution in [1.82, 2.24) is 4.98 Å². The van der Waals surface area contributed by atoms with Crippen LogP contribution in [-0.4, -0.2) is 10.1 Å². The molecule has 1 aromatic heterocycles. The van der Waals surface area contributed by atoms with E-state index in [1.807, 2.05) is 30.3 Å². The van der Waals surface area contributed by atoms with E-state index in [9.17, 15) is 5.11 Å². The van der Waals surface area contributed by atoms with E-state index in [1.165, 1.54) is 0 Å². The number of para-hydroxylation sites is 4. The topological polar surface area (TPSA) is 58.3 Å². The number of phenols is 1. The van der Waals surface area contributed by atoms with Crippen LogP contribution in [0, 0.1) is 0 Å². The summed E-state index contributed by atoms with van der Waals surface area (Å²) < 4.78 is 5.49. The number of hydrogen-bond donors (Lipinski definition) is 2. The average Bonchev–Trinajstić information content (AvgIpc) is 2.74. The Kier molecular flexibility index (Phi) is 2.19. The Hall–Kier alpha value is -2.49. The van der Waals surface area contributed by atoms with E-state index in [2.05, 4.69) is 10.3 Å². The van der Waals surface area contributed by atoms with Crippen molar-refractivity contribution in [3.8, 4) is 5.75 Å². The highest BCUT2D eigenvalue weighted by atomic mass is 16.4. The van der Waals surface area contributed by atoms with Crippen LogP contribution in [0.15, 0.2) is 52.9 Å². The van der Waals surface area contributed by atoms with Crippen molar-refractivity contribution in [3.05, 3.63) is 48.5 Å². The summed E-state index contributed by atoms with van der Waals surface area (Å²) in [6.07, 6.45) is 0. The molecule has 0 aliphatic carbocycles. The normalized spacial score (nSPS) is 10.6. The van der Waals surface area contributed by atoms with Gasteiger partial charge in [0, 0.05) is 0 Å². The Bertz CT molecular complexity index is 628. The van der Waals surface area contributed by atoms with Gasteiger partial charge in [0.2, 0.25) is 0 Å². The first-order chi connectivity index (χ1) is 8.33. The fourth-order valence-corrected chi connectivity index (χ4v) is 1.62. The molecule has 2 aromatic carbocycles. The zero-order valence-corrected chi connectivity index (χ0v) is 8.92. The first-order valence-corrected chi connectivity index (χ1v) is 5.23. The van der Waals surface area contributed by atoms with Gasteiger partial charge in [0.1, 0.15) is 11.3 Å². The van der Waals surface area contributed by atoms with Crippen molar-refractivity contribution < 1.29 is 9.52 Å². The van der Waals surface area contributed by atoms with Gasteiger partial charge in [0.05, 0.1) is 5.69 Å². The number of fused-ring (bicyclic) bond motifs is 1. The molecule has 0 spiro atoms. The van der Waals surface area contributed by atoms with Gasteiger partial charge in [0.25, 0.3) is 6.01 Å². The molecule has 2 N–H and O–H groups in total. The van der Waals surface area contributed by atoms with Gasteiger partial charge in [-0.15, -0.1) is 0 Å². The maximum atomic E-state index is 9.61. The van der Waals surface area contributed by atoms with Crippen LogP contribution in [0.1, 0.15) is 0 Å².